The molecule has 3 N–H and O–H groups in total. The highest BCUT2D eigenvalue weighted by Crippen LogP contribution is 2.64. The number of aliphatic hydroxyl groups is 1. The summed E-state index contributed by atoms with van der Waals surface area (Å²) in [5.41, 5.74) is 5.35. The Balaban J connectivity index is 0.00000645. The second-order valence-corrected chi connectivity index (χ2v) is 12.1. The number of carbonyl (C=O) groups is 4. The van der Waals surface area contributed by atoms with Crippen LogP contribution < -0.4 is 5.73 Å². The van der Waals surface area contributed by atoms with Gasteiger partial charge in [-0.3, -0.25) is 14.4 Å². The van der Waals surface area contributed by atoms with Crippen LogP contribution >= 0.6 is 24.2 Å². The fraction of sp³-hybridized carbons (Fsp3) is 0.667. The highest BCUT2D eigenvalue weighted by Gasteiger charge is 2.78. The van der Waals surface area contributed by atoms with Gasteiger partial charge in [-0.05, 0) is 56.4 Å². The van der Waals surface area contributed by atoms with Gasteiger partial charge in [0.2, 0.25) is 13.6 Å². The molecule has 0 bridgehead atoms. The Morgan fingerprint density at radius 2 is 1.49 bits per heavy atom. The molecule has 2 fully saturated rings. The SMILES string of the molecule is CCC(CC)C(=O)OCOC(=O)[C@H]1[C@@H]2[C@H](O)[C@@H](CSc3ccc(F)c(C)c3)[C@@](N)(C(=O)OCOC(=O)C(CC)CC)[C@H]12.Cl. The minimum absolute atomic E-state index is 0. The molecule has 10 nitrogen and oxygen atoms in total. The van der Waals surface area contributed by atoms with Crippen LogP contribution in [0.2, 0.25) is 0 Å². The Labute approximate surface area is 262 Å². The van der Waals surface area contributed by atoms with E-state index in [2.05, 4.69) is 0 Å². The summed E-state index contributed by atoms with van der Waals surface area (Å²) in [5.74, 6) is -6.69. The van der Waals surface area contributed by atoms with Crippen LogP contribution in [-0.2, 0) is 38.1 Å². The molecule has 0 spiro atoms. The van der Waals surface area contributed by atoms with Gasteiger partial charge in [-0.15, -0.1) is 24.2 Å². The summed E-state index contributed by atoms with van der Waals surface area (Å²) in [5, 5.41) is 11.2. The van der Waals surface area contributed by atoms with E-state index in [9.17, 15) is 28.7 Å². The second-order valence-electron chi connectivity index (χ2n) is 11.0. The average Bonchev–Trinajstić information content (AvgIpc) is 3.67. The molecule has 1 aromatic carbocycles. The Kier molecular flexibility index (Phi) is 13.7. The van der Waals surface area contributed by atoms with E-state index in [0.717, 1.165) is 0 Å². The summed E-state index contributed by atoms with van der Waals surface area (Å²) >= 11 is 1.29. The zero-order chi connectivity index (χ0) is 31.2. The summed E-state index contributed by atoms with van der Waals surface area (Å²) in [4.78, 5) is 51.4. The number of carbonyl (C=O) groups excluding carboxylic acids is 4. The maximum Gasteiger partial charge on any atom is 0.329 e. The number of aliphatic hydroxyl groups excluding tert-OH is 1. The predicted molar refractivity (Wildman–Crippen MR) is 158 cm³/mol. The first kappa shape index (κ1) is 36.8. The van der Waals surface area contributed by atoms with Crippen LogP contribution in [0.4, 0.5) is 4.39 Å². The third-order valence-electron chi connectivity index (χ3n) is 8.66. The van der Waals surface area contributed by atoms with Gasteiger partial charge in [0.15, 0.2) is 0 Å². The molecule has 0 aromatic heterocycles. The number of hydrogen-bond donors (Lipinski definition) is 2. The number of hydrogen-bond acceptors (Lipinski definition) is 11. The molecule has 1 aromatic rings. The smallest absolute Gasteiger partial charge is 0.329 e. The number of nitrogens with two attached hydrogens (primary N) is 1. The molecule has 43 heavy (non-hydrogen) atoms. The van der Waals surface area contributed by atoms with Crippen molar-refractivity contribution in [3.8, 4) is 0 Å². The Hall–Kier alpha value is -2.41. The summed E-state index contributed by atoms with van der Waals surface area (Å²) in [6.07, 6.45) is 1.16. The van der Waals surface area contributed by atoms with Crippen molar-refractivity contribution in [3.05, 3.63) is 29.6 Å². The molecular weight excluding hydrogens is 605 g/mol. The number of aryl methyl sites for hydroxylation is 1. The molecule has 0 saturated heterocycles. The third kappa shape index (κ3) is 8.01. The van der Waals surface area contributed by atoms with E-state index in [-0.39, 0.29) is 35.8 Å². The monoisotopic (exact) mass is 647 g/mol. The maximum absolute atomic E-state index is 13.7. The van der Waals surface area contributed by atoms with Gasteiger partial charge in [0, 0.05) is 28.4 Å². The first-order valence-electron chi connectivity index (χ1n) is 14.5. The van der Waals surface area contributed by atoms with Crippen LogP contribution in [0.5, 0.6) is 0 Å². The van der Waals surface area contributed by atoms with Crippen molar-refractivity contribution < 1.29 is 47.6 Å². The molecule has 0 aliphatic heterocycles. The minimum Gasteiger partial charge on any atom is -0.428 e. The lowest BCUT2D eigenvalue weighted by Crippen LogP contribution is -2.59. The number of ether oxygens (including phenoxy) is 4. The molecule has 0 radical (unpaired) electrons. The standard InChI is InChI=1S/C30H42FNO9S.ClH/c1-6-17(7-2)26(34)38-14-40-28(36)23-22-24(23)30(32,29(37)41-15-39-27(35)18(8-3)9-4)20(25(22)33)13-42-19-10-11-21(31)16(5)12-19;/h10-12,17-18,20,22-25,33H,6-9,13-15,32H2,1-5H3;1H/t20-,22+,23+,24+,25-,30+;/m1./s1. The van der Waals surface area contributed by atoms with Crippen molar-refractivity contribution in [1.82, 2.24) is 0 Å². The fourth-order valence-corrected chi connectivity index (χ4v) is 7.15. The second kappa shape index (κ2) is 16.1. The van der Waals surface area contributed by atoms with Gasteiger partial charge in [0.25, 0.3) is 0 Å². The number of thioether (sulfide) groups is 1. The van der Waals surface area contributed by atoms with Crippen molar-refractivity contribution in [3.63, 3.8) is 0 Å². The Morgan fingerprint density at radius 3 is 2.00 bits per heavy atom. The lowest BCUT2D eigenvalue weighted by molar-refractivity contribution is -0.176. The van der Waals surface area contributed by atoms with Crippen molar-refractivity contribution in [2.45, 2.75) is 76.8 Å². The zero-order valence-electron chi connectivity index (χ0n) is 25.2. The van der Waals surface area contributed by atoms with Crippen LogP contribution in [0.25, 0.3) is 0 Å². The molecular formula is C30H43ClFNO9S. The van der Waals surface area contributed by atoms with Crippen LogP contribution in [0.3, 0.4) is 0 Å². The highest BCUT2D eigenvalue weighted by molar-refractivity contribution is 7.99. The van der Waals surface area contributed by atoms with Gasteiger partial charge in [-0.25, -0.2) is 9.18 Å². The van der Waals surface area contributed by atoms with Gasteiger partial charge in [-0.2, -0.15) is 0 Å². The normalized spacial score (nSPS) is 25.5. The van der Waals surface area contributed by atoms with Crippen LogP contribution in [0.1, 0.15) is 58.9 Å². The van der Waals surface area contributed by atoms with E-state index in [1.807, 2.05) is 27.7 Å². The lowest BCUT2D eigenvalue weighted by Gasteiger charge is -2.34. The maximum atomic E-state index is 13.7. The van der Waals surface area contributed by atoms with Crippen molar-refractivity contribution in [1.29, 1.82) is 0 Å². The molecule has 242 valence electrons. The van der Waals surface area contributed by atoms with E-state index in [0.29, 0.717) is 36.1 Å². The lowest BCUT2D eigenvalue weighted by atomic mass is 9.81. The molecule has 2 aliphatic carbocycles. The Bertz CT molecular complexity index is 1150. The fourth-order valence-electron chi connectivity index (χ4n) is 5.88. The summed E-state index contributed by atoms with van der Waals surface area (Å²) in [6.45, 7) is 7.79. The summed E-state index contributed by atoms with van der Waals surface area (Å²) in [7, 11) is 0. The van der Waals surface area contributed by atoms with Gasteiger partial charge >= 0.3 is 23.9 Å². The number of halogens is 2. The molecule has 3 rings (SSSR count). The number of rotatable bonds is 15. The van der Waals surface area contributed by atoms with Gasteiger partial charge in [0.1, 0.15) is 11.4 Å². The van der Waals surface area contributed by atoms with Crippen molar-refractivity contribution in [2.75, 3.05) is 19.3 Å². The molecule has 2 aliphatic rings. The van der Waals surface area contributed by atoms with Gasteiger partial charge in [-0.1, -0.05) is 27.7 Å². The minimum atomic E-state index is -1.80. The number of fused-ring (bicyclic) bond motifs is 1. The van der Waals surface area contributed by atoms with Crippen LogP contribution in [0.15, 0.2) is 23.1 Å². The molecule has 0 unspecified atom stereocenters. The van der Waals surface area contributed by atoms with Crippen molar-refractivity contribution >= 4 is 48.0 Å². The van der Waals surface area contributed by atoms with E-state index in [4.69, 9.17) is 24.7 Å². The topological polar surface area (TPSA) is 151 Å². The van der Waals surface area contributed by atoms with Gasteiger partial charge < -0.3 is 29.8 Å². The third-order valence-corrected chi connectivity index (χ3v) is 9.78. The molecule has 6 atom stereocenters. The quantitative estimate of drug-likeness (QED) is 0.160. The van der Waals surface area contributed by atoms with Crippen LogP contribution in [0, 0.1) is 48.2 Å². The first-order chi connectivity index (χ1) is 20.0. The Morgan fingerprint density at radius 1 is 0.953 bits per heavy atom. The van der Waals surface area contributed by atoms with E-state index in [1.165, 1.54) is 17.8 Å². The molecule has 0 amide bonds. The van der Waals surface area contributed by atoms with Gasteiger partial charge in [0.05, 0.1) is 23.9 Å². The predicted octanol–water partition coefficient (Wildman–Crippen LogP) is 4.16. The number of benzene rings is 1. The summed E-state index contributed by atoms with van der Waals surface area (Å²) in [6, 6.07) is 4.57. The van der Waals surface area contributed by atoms with E-state index < -0.39 is 72.8 Å². The number of esters is 4. The molecule has 13 heteroatoms. The average molecular weight is 648 g/mol. The zero-order valence-corrected chi connectivity index (χ0v) is 26.8. The molecule has 2 saturated carbocycles. The summed E-state index contributed by atoms with van der Waals surface area (Å²) < 4.78 is 34.4. The van der Waals surface area contributed by atoms with Crippen molar-refractivity contribution in [2.24, 2.45) is 41.2 Å². The first-order valence-corrected chi connectivity index (χ1v) is 15.5. The van der Waals surface area contributed by atoms with Crippen LogP contribution in [-0.4, -0.2) is 60.0 Å². The molecule has 0 heterocycles. The van der Waals surface area contributed by atoms with E-state index in [1.54, 1.807) is 19.1 Å². The largest absolute Gasteiger partial charge is 0.428 e. The van der Waals surface area contributed by atoms with E-state index >= 15 is 0 Å². The highest BCUT2D eigenvalue weighted by atomic mass is 35.5.